The van der Waals surface area contributed by atoms with E-state index >= 15 is 0 Å². The van der Waals surface area contributed by atoms with Crippen molar-refractivity contribution < 1.29 is 14.6 Å². The molecule has 0 spiro atoms. The van der Waals surface area contributed by atoms with Crippen LogP contribution in [0.3, 0.4) is 0 Å². The highest BCUT2D eigenvalue weighted by Crippen LogP contribution is 2.26. The summed E-state index contributed by atoms with van der Waals surface area (Å²) >= 11 is 0. The van der Waals surface area contributed by atoms with Crippen LogP contribution < -0.4 is 15.4 Å². The molecule has 0 saturated carbocycles. The maximum atomic E-state index is 12.0. The van der Waals surface area contributed by atoms with Crippen LogP contribution in [0.15, 0.2) is 54.6 Å². The van der Waals surface area contributed by atoms with E-state index in [1.807, 2.05) is 68.4 Å². The van der Waals surface area contributed by atoms with E-state index < -0.39 is 0 Å². The Morgan fingerprint density at radius 1 is 1.13 bits per heavy atom. The lowest BCUT2D eigenvalue weighted by Crippen LogP contribution is -2.29. The normalized spacial score (nSPS) is 10.7. The molecule has 7 nitrogen and oxygen atoms in total. The van der Waals surface area contributed by atoms with E-state index in [-0.39, 0.29) is 12.6 Å². The molecule has 164 valence electrons. The van der Waals surface area contributed by atoms with Crippen molar-refractivity contribution >= 4 is 11.7 Å². The van der Waals surface area contributed by atoms with Crippen molar-refractivity contribution in [3.63, 3.8) is 0 Å². The van der Waals surface area contributed by atoms with Gasteiger partial charge in [0.05, 0.1) is 30.3 Å². The Morgan fingerprint density at radius 3 is 2.61 bits per heavy atom. The van der Waals surface area contributed by atoms with E-state index in [4.69, 9.17) is 4.74 Å². The molecule has 1 heterocycles. The Morgan fingerprint density at radius 2 is 1.87 bits per heavy atom. The van der Waals surface area contributed by atoms with Crippen molar-refractivity contribution in [2.45, 2.75) is 39.8 Å². The Bertz CT molecular complexity index is 986. The van der Waals surface area contributed by atoms with E-state index in [2.05, 4.69) is 20.2 Å². The third kappa shape index (κ3) is 5.86. The van der Waals surface area contributed by atoms with Gasteiger partial charge in [-0.2, -0.15) is 0 Å². The monoisotopic (exact) mass is 422 g/mol. The number of ether oxygens (including phenoxy) is 1. The third-order valence-corrected chi connectivity index (χ3v) is 4.88. The maximum Gasteiger partial charge on any atom is 0.319 e. The predicted octanol–water partition coefficient (Wildman–Crippen LogP) is 4.35. The SMILES string of the molecule is CCCNC(=O)Nc1ccccc1OCCCn1c(C)nc(CO)c1-c1ccccc1. The molecule has 31 heavy (non-hydrogen) atoms. The van der Waals surface area contributed by atoms with Gasteiger partial charge in [0, 0.05) is 18.7 Å². The molecular weight excluding hydrogens is 392 g/mol. The number of carbonyl (C=O) groups is 1. The highest BCUT2D eigenvalue weighted by Gasteiger charge is 2.15. The third-order valence-electron chi connectivity index (χ3n) is 4.88. The standard InChI is InChI=1S/C24H30N4O3/c1-3-14-25-24(30)27-20-12-7-8-13-22(20)31-16-9-15-28-18(2)26-21(17-29)23(28)19-10-5-4-6-11-19/h4-8,10-13,29H,3,9,14-17H2,1-2H3,(H2,25,27,30). The van der Waals surface area contributed by atoms with Crippen molar-refractivity contribution in [2.24, 2.45) is 0 Å². The Kier molecular flexibility index (Phi) is 8.06. The molecular formula is C24H30N4O3. The Hall–Kier alpha value is -3.32. The van der Waals surface area contributed by atoms with Crippen LogP contribution in [0, 0.1) is 6.92 Å². The van der Waals surface area contributed by atoms with Gasteiger partial charge in [0.25, 0.3) is 0 Å². The molecule has 0 saturated heterocycles. The zero-order valence-corrected chi connectivity index (χ0v) is 18.1. The molecule has 0 aliphatic heterocycles. The minimum atomic E-state index is -0.240. The summed E-state index contributed by atoms with van der Waals surface area (Å²) in [5.41, 5.74) is 3.29. The summed E-state index contributed by atoms with van der Waals surface area (Å²) < 4.78 is 8.07. The number of aliphatic hydroxyl groups excluding tert-OH is 1. The van der Waals surface area contributed by atoms with Crippen LogP contribution >= 0.6 is 0 Å². The number of rotatable bonds is 10. The van der Waals surface area contributed by atoms with Gasteiger partial charge in [0.1, 0.15) is 11.6 Å². The van der Waals surface area contributed by atoms with Crippen molar-refractivity contribution in [3.8, 4) is 17.0 Å². The Labute approximate surface area is 183 Å². The number of aryl methyl sites for hydroxylation is 1. The molecule has 7 heteroatoms. The maximum absolute atomic E-state index is 12.0. The highest BCUT2D eigenvalue weighted by molar-refractivity contribution is 5.90. The molecule has 0 unspecified atom stereocenters. The van der Waals surface area contributed by atoms with Crippen LogP contribution in [-0.2, 0) is 13.2 Å². The number of aliphatic hydroxyl groups is 1. The van der Waals surface area contributed by atoms with Gasteiger partial charge in [-0.1, -0.05) is 49.4 Å². The van der Waals surface area contributed by atoms with E-state index in [9.17, 15) is 9.90 Å². The second-order valence-corrected chi connectivity index (χ2v) is 7.21. The molecule has 0 radical (unpaired) electrons. The highest BCUT2D eigenvalue weighted by atomic mass is 16.5. The number of nitrogens with one attached hydrogen (secondary N) is 2. The van der Waals surface area contributed by atoms with Crippen LogP contribution in [0.1, 0.15) is 31.3 Å². The van der Waals surface area contributed by atoms with Gasteiger partial charge in [0.15, 0.2) is 0 Å². The van der Waals surface area contributed by atoms with Gasteiger partial charge in [-0.15, -0.1) is 0 Å². The second-order valence-electron chi connectivity index (χ2n) is 7.21. The van der Waals surface area contributed by atoms with E-state index in [0.29, 0.717) is 36.8 Å². The summed E-state index contributed by atoms with van der Waals surface area (Å²) in [7, 11) is 0. The van der Waals surface area contributed by atoms with Crippen molar-refractivity contribution in [2.75, 3.05) is 18.5 Å². The minimum absolute atomic E-state index is 0.103. The van der Waals surface area contributed by atoms with Crippen molar-refractivity contribution in [3.05, 3.63) is 66.1 Å². The summed E-state index contributed by atoms with van der Waals surface area (Å²) in [5.74, 6) is 1.49. The Balaban J connectivity index is 1.64. The van der Waals surface area contributed by atoms with Gasteiger partial charge >= 0.3 is 6.03 Å². The molecule has 0 bridgehead atoms. The van der Waals surface area contributed by atoms with Crippen LogP contribution in [0.25, 0.3) is 11.3 Å². The summed E-state index contributed by atoms with van der Waals surface area (Å²) in [6.07, 6.45) is 1.63. The first-order chi connectivity index (χ1) is 15.1. The fraction of sp³-hybridized carbons (Fsp3) is 0.333. The van der Waals surface area contributed by atoms with E-state index in [1.165, 1.54) is 0 Å². The van der Waals surface area contributed by atoms with Gasteiger partial charge in [-0.25, -0.2) is 9.78 Å². The van der Waals surface area contributed by atoms with Crippen LogP contribution in [0.2, 0.25) is 0 Å². The average molecular weight is 423 g/mol. The zero-order chi connectivity index (χ0) is 22.1. The van der Waals surface area contributed by atoms with Crippen LogP contribution in [0.4, 0.5) is 10.5 Å². The van der Waals surface area contributed by atoms with E-state index in [1.54, 1.807) is 0 Å². The van der Waals surface area contributed by atoms with Gasteiger partial charge in [-0.05, 0) is 31.9 Å². The summed E-state index contributed by atoms with van der Waals surface area (Å²) in [4.78, 5) is 16.5. The number of anilines is 1. The molecule has 2 aromatic carbocycles. The number of aromatic nitrogens is 2. The minimum Gasteiger partial charge on any atom is -0.491 e. The molecule has 3 rings (SSSR count). The molecule has 0 aliphatic rings. The largest absolute Gasteiger partial charge is 0.491 e. The number of para-hydroxylation sites is 2. The lowest BCUT2D eigenvalue weighted by atomic mass is 10.1. The number of carbonyl (C=O) groups excluding carboxylic acids is 1. The number of nitrogens with zero attached hydrogens (tertiary/aromatic N) is 2. The fourth-order valence-electron chi connectivity index (χ4n) is 3.43. The number of hydrogen-bond donors (Lipinski definition) is 3. The number of amides is 2. The number of hydrogen-bond acceptors (Lipinski definition) is 4. The molecule has 2 amide bonds. The zero-order valence-electron chi connectivity index (χ0n) is 18.1. The second kappa shape index (κ2) is 11.2. The smallest absolute Gasteiger partial charge is 0.319 e. The van der Waals surface area contributed by atoms with Gasteiger partial charge in [0.2, 0.25) is 0 Å². The van der Waals surface area contributed by atoms with Crippen molar-refractivity contribution in [1.29, 1.82) is 0 Å². The molecule has 3 N–H and O–H groups in total. The molecule has 0 atom stereocenters. The number of imidazole rings is 1. The summed E-state index contributed by atoms with van der Waals surface area (Å²) in [5, 5.41) is 15.4. The number of urea groups is 1. The average Bonchev–Trinajstić information content (AvgIpc) is 3.12. The van der Waals surface area contributed by atoms with Gasteiger partial charge < -0.3 is 25.0 Å². The van der Waals surface area contributed by atoms with Gasteiger partial charge in [-0.3, -0.25) is 0 Å². The molecule has 0 fully saturated rings. The lowest BCUT2D eigenvalue weighted by molar-refractivity contribution is 0.251. The number of benzene rings is 2. The van der Waals surface area contributed by atoms with Crippen molar-refractivity contribution in [1.82, 2.24) is 14.9 Å². The predicted molar refractivity (Wildman–Crippen MR) is 122 cm³/mol. The van der Waals surface area contributed by atoms with E-state index in [0.717, 1.165) is 29.9 Å². The lowest BCUT2D eigenvalue weighted by Gasteiger charge is -2.14. The molecule has 3 aromatic rings. The molecule has 0 aliphatic carbocycles. The first-order valence-electron chi connectivity index (χ1n) is 10.6. The summed E-state index contributed by atoms with van der Waals surface area (Å²) in [6.45, 7) is 5.66. The fourth-order valence-corrected chi connectivity index (χ4v) is 3.43. The first kappa shape index (κ1) is 22.4. The quantitative estimate of drug-likeness (QED) is 0.424. The topological polar surface area (TPSA) is 88.4 Å². The van der Waals surface area contributed by atoms with Crippen LogP contribution in [0.5, 0.6) is 5.75 Å². The van der Waals surface area contributed by atoms with Crippen LogP contribution in [-0.4, -0.2) is 33.8 Å². The summed E-state index contributed by atoms with van der Waals surface area (Å²) in [6, 6.07) is 17.1. The molecule has 1 aromatic heterocycles. The first-order valence-corrected chi connectivity index (χ1v) is 10.6.